The first kappa shape index (κ1) is 13.1. The van der Waals surface area contributed by atoms with Gasteiger partial charge in [0.05, 0.1) is 12.5 Å². The number of nitrogens with one attached hydrogen (secondary N) is 1. The van der Waals surface area contributed by atoms with Gasteiger partial charge < -0.3 is 15.6 Å². The molecule has 1 fully saturated rings. The molecule has 1 aromatic heterocycles. The SMILES string of the molecule is Cn1cncc1C(=O)NCC1CCCCC1CN. The van der Waals surface area contributed by atoms with Gasteiger partial charge in [-0.2, -0.15) is 0 Å². The fraction of sp³-hybridized carbons (Fsp3) is 0.692. The summed E-state index contributed by atoms with van der Waals surface area (Å²) in [6, 6.07) is 0. The lowest BCUT2D eigenvalue weighted by atomic mass is 9.79. The third kappa shape index (κ3) is 2.90. The largest absolute Gasteiger partial charge is 0.350 e. The minimum absolute atomic E-state index is 0.0451. The van der Waals surface area contributed by atoms with Crippen molar-refractivity contribution in [2.75, 3.05) is 13.1 Å². The maximum Gasteiger partial charge on any atom is 0.269 e. The standard InChI is InChI=1S/C13H22N4O/c1-17-9-15-8-12(17)13(18)16-7-11-5-3-2-4-10(11)6-14/h8-11H,2-7,14H2,1H3,(H,16,18). The number of aryl methyl sites for hydroxylation is 1. The van der Waals surface area contributed by atoms with Crippen molar-refractivity contribution in [1.29, 1.82) is 0 Å². The Morgan fingerprint density at radius 2 is 2.22 bits per heavy atom. The van der Waals surface area contributed by atoms with Crippen molar-refractivity contribution in [3.05, 3.63) is 18.2 Å². The Kier molecular flexibility index (Phi) is 4.36. The number of nitrogens with two attached hydrogens (primary N) is 1. The molecule has 5 nitrogen and oxygen atoms in total. The Hall–Kier alpha value is -1.36. The number of imidazole rings is 1. The van der Waals surface area contributed by atoms with Crippen LogP contribution >= 0.6 is 0 Å². The van der Waals surface area contributed by atoms with E-state index >= 15 is 0 Å². The van der Waals surface area contributed by atoms with Crippen LogP contribution in [0.2, 0.25) is 0 Å². The summed E-state index contributed by atoms with van der Waals surface area (Å²) in [5.74, 6) is 1.04. The van der Waals surface area contributed by atoms with Crippen molar-refractivity contribution in [3.8, 4) is 0 Å². The molecule has 0 bridgehead atoms. The second-order valence-electron chi connectivity index (χ2n) is 5.14. The van der Waals surface area contributed by atoms with Crippen LogP contribution in [0.1, 0.15) is 36.2 Å². The molecule has 0 spiro atoms. The molecule has 2 atom stereocenters. The zero-order valence-electron chi connectivity index (χ0n) is 10.9. The topological polar surface area (TPSA) is 72.9 Å². The summed E-state index contributed by atoms with van der Waals surface area (Å²) in [5.41, 5.74) is 6.40. The molecule has 0 aliphatic heterocycles. The maximum absolute atomic E-state index is 12.0. The van der Waals surface area contributed by atoms with E-state index in [-0.39, 0.29) is 5.91 Å². The van der Waals surface area contributed by atoms with Gasteiger partial charge in [0, 0.05) is 13.6 Å². The smallest absolute Gasteiger partial charge is 0.269 e. The number of rotatable bonds is 4. The summed E-state index contributed by atoms with van der Waals surface area (Å²) in [7, 11) is 1.82. The number of amides is 1. The molecule has 1 aliphatic rings. The highest BCUT2D eigenvalue weighted by atomic mass is 16.1. The zero-order chi connectivity index (χ0) is 13.0. The lowest BCUT2D eigenvalue weighted by molar-refractivity contribution is 0.0927. The van der Waals surface area contributed by atoms with E-state index in [4.69, 9.17) is 5.73 Å². The molecule has 1 saturated carbocycles. The third-order valence-corrected chi connectivity index (χ3v) is 3.94. The highest BCUT2D eigenvalue weighted by Gasteiger charge is 2.24. The van der Waals surface area contributed by atoms with Crippen molar-refractivity contribution in [2.24, 2.45) is 24.6 Å². The predicted molar refractivity (Wildman–Crippen MR) is 70.0 cm³/mol. The summed E-state index contributed by atoms with van der Waals surface area (Å²) in [5, 5.41) is 3.00. The Labute approximate surface area is 108 Å². The van der Waals surface area contributed by atoms with Crippen molar-refractivity contribution < 1.29 is 4.79 Å². The fourth-order valence-corrected chi connectivity index (χ4v) is 2.75. The van der Waals surface area contributed by atoms with Crippen LogP contribution in [0.15, 0.2) is 12.5 Å². The molecule has 0 aromatic carbocycles. The van der Waals surface area contributed by atoms with Crippen LogP contribution in [0.25, 0.3) is 0 Å². The van der Waals surface area contributed by atoms with Crippen LogP contribution in [0, 0.1) is 11.8 Å². The van der Waals surface area contributed by atoms with Crippen LogP contribution in [0.5, 0.6) is 0 Å². The summed E-state index contributed by atoms with van der Waals surface area (Å²) >= 11 is 0. The molecule has 18 heavy (non-hydrogen) atoms. The van der Waals surface area contributed by atoms with E-state index in [0.717, 1.165) is 13.1 Å². The van der Waals surface area contributed by atoms with Gasteiger partial charge in [-0.1, -0.05) is 12.8 Å². The van der Waals surface area contributed by atoms with Gasteiger partial charge in [0.25, 0.3) is 5.91 Å². The Balaban J connectivity index is 1.87. The number of carbonyl (C=O) groups is 1. The number of hydrogen-bond donors (Lipinski definition) is 2. The van der Waals surface area contributed by atoms with Gasteiger partial charge in [-0.05, 0) is 31.2 Å². The van der Waals surface area contributed by atoms with Crippen molar-refractivity contribution in [2.45, 2.75) is 25.7 Å². The van der Waals surface area contributed by atoms with Gasteiger partial charge in [0.2, 0.25) is 0 Å². The molecule has 1 aliphatic carbocycles. The Bertz CT molecular complexity index is 401. The number of carbonyl (C=O) groups excluding carboxylic acids is 1. The molecule has 2 rings (SSSR count). The lowest BCUT2D eigenvalue weighted by Crippen LogP contribution is -2.37. The van der Waals surface area contributed by atoms with Crippen molar-refractivity contribution in [3.63, 3.8) is 0 Å². The molecule has 5 heteroatoms. The van der Waals surface area contributed by atoms with E-state index in [0.29, 0.717) is 17.5 Å². The van der Waals surface area contributed by atoms with Crippen LogP contribution < -0.4 is 11.1 Å². The molecule has 3 N–H and O–H groups in total. The van der Waals surface area contributed by atoms with Crippen LogP contribution in [-0.2, 0) is 7.05 Å². The Morgan fingerprint density at radius 3 is 2.83 bits per heavy atom. The van der Waals surface area contributed by atoms with E-state index in [9.17, 15) is 4.79 Å². The van der Waals surface area contributed by atoms with E-state index in [1.807, 2.05) is 7.05 Å². The van der Waals surface area contributed by atoms with Crippen LogP contribution in [0.3, 0.4) is 0 Å². The van der Waals surface area contributed by atoms with Crippen LogP contribution in [0.4, 0.5) is 0 Å². The average molecular weight is 250 g/mol. The molecular weight excluding hydrogens is 228 g/mol. The average Bonchev–Trinajstić information content (AvgIpc) is 2.82. The molecule has 1 heterocycles. The highest BCUT2D eigenvalue weighted by Crippen LogP contribution is 2.28. The lowest BCUT2D eigenvalue weighted by Gasteiger charge is -2.30. The Morgan fingerprint density at radius 1 is 1.50 bits per heavy atom. The first-order chi connectivity index (χ1) is 8.72. The summed E-state index contributed by atoms with van der Waals surface area (Å²) in [6.07, 6.45) is 8.13. The van der Waals surface area contributed by atoms with Crippen LogP contribution in [-0.4, -0.2) is 28.5 Å². The molecule has 1 aromatic rings. The summed E-state index contributed by atoms with van der Waals surface area (Å²) in [4.78, 5) is 15.9. The number of hydrogen-bond acceptors (Lipinski definition) is 3. The molecule has 100 valence electrons. The minimum atomic E-state index is -0.0451. The number of aromatic nitrogens is 2. The maximum atomic E-state index is 12.0. The van der Waals surface area contributed by atoms with Gasteiger partial charge in [-0.3, -0.25) is 4.79 Å². The number of nitrogens with zero attached hydrogens (tertiary/aromatic N) is 2. The van der Waals surface area contributed by atoms with Crippen molar-refractivity contribution >= 4 is 5.91 Å². The van der Waals surface area contributed by atoms with Crippen molar-refractivity contribution in [1.82, 2.24) is 14.9 Å². The second-order valence-corrected chi connectivity index (χ2v) is 5.14. The molecule has 2 unspecified atom stereocenters. The zero-order valence-corrected chi connectivity index (χ0v) is 10.9. The van der Waals surface area contributed by atoms with E-state index in [1.165, 1.54) is 25.7 Å². The summed E-state index contributed by atoms with van der Waals surface area (Å²) in [6.45, 7) is 1.46. The van der Waals surface area contributed by atoms with E-state index in [2.05, 4.69) is 10.3 Å². The minimum Gasteiger partial charge on any atom is -0.350 e. The van der Waals surface area contributed by atoms with Gasteiger partial charge in [-0.15, -0.1) is 0 Å². The van der Waals surface area contributed by atoms with E-state index in [1.54, 1.807) is 17.1 Å². The van der Waals surface area contributed by atoms with Gasteiger partial charge in [-0.25, -0.2) is 4.98 Å². The third-order valence-electron chi connectivity index (χ3n) is 3.94. The molecule has 0 radical (unpaired) electrons. The first-order valence-corrected chi connectivity index (χ1v) is 6.67. The first-order valence-electron chi connectivity index (χ1n) is 6.67. The van der Waals surface area contributed by atoms with E-state index < -0.39 is 0 Å². The van der Waals surface area contributed by atoms with Gasteiger partial charge in [0.1, 0.15) is 5.69 Å². The second kappa shape index (κ2) is 6.00. The molecular formula is C13H22N4O. The van der Waals surface area contributed by atoms with Gasteiger partial charge >= 0.3 is 0 Å². The quantitative estimate of drug-likeness (QED) is 0.834. The highest BCUT2D eigenvalue weighted by molar-refractivity contribution is 5.92. The van der Waals surface area contributed by atoms with Gasteiger partial charge in [0.15, 0.2) is 0 Å². The molecule has 1 amide bonds. The normalized spacial score (nSPS) is 23.9. The predicted octanol–water partition coefficient (Wildman–Crippen LogP) is 0.915. The fourth-order valence-electron chi connectivity index (χ4n) is 2.75. The molecule has 0 saturated heterocycles. The summed E-state index contributed by atoms with van der Waals surface area (Å²) < 4.78 is 1.73. The monoisotopic (exact) mass is 250 g/mol.